The van der Waals surface area contributed by atoms with Crippen LogP contribution >= 0.6 is 0 Å². The molecule has 0 radical (unpaired) electrons. The molecule has 0 saturated heterocycles. The van der Waals surface area contributed by atoms with Crippen molar-refractivity contribution in [2.45, 2.75) is 19.6 Å². The smallest absolute Gasteiger partial charge is 0.201 e. The molecule has 1 atom stereocenters. The molecule has 0 aliphatic carbocycles. The first-order valence-corrected chi connectivity index (χ1v) is 9.33. The van der Waals surface area contributed by atoms with Crippen molar-refractivity contribution in [2.24, 2.45) is 0 Å². The van der Waals surface area contributed by atoms with Gasteiger partial charge in [-0.05, 0) is 48.4 Å². The lowest BCUT2D eigenvalue weighted by Gasteiger charge is -2.17. The van der Waals surface area contributed by atoms with Gasteiger partial charge < -0.3 is 20.8 Å². The molecule has 28 heavy (non-hydrogen) atoms. The Balaban J connectivity index is 1.46. The first-order chi connectivity index (χ1) is 13.7. The van der Waals surface area contributed by atoms with Crippen molar-refractivity contribution < 1.29 is 4.74 Å². The number of aromatic nitrogens is 3. The Kier molecular flexibility index (Phi) is 5.21. The minimum Gasteiger partial charge on any atom is -0.399 e. The fraction of sp³-hybridized carbons (Fsp3) is 0.182. The topological polar surface area (TPSA) is 88.9 Å². The van der Waals surface area contributed by atoms with Crippen LogP contribution in [0.3, 0.4) is 0 Å². The molecule has 4 aromatic rings. The van der Waals surface area contributed by atoms with E-state index in [-0.39, 0.29) is 6.10 Å². The number of hydrogen-bond donors (Lipinski definition) is 3. The van der Waals surface area contributed by atoms with E-state index in [9.17, 15) is 0 Å². The normalized spacial score (nSPS) is 12.2. The number of benzene rings is 2. The van der Waals surface area contributed by atoms with Crippen LogP contribution in [0.15, 0.2) is 66.9 Å². The van der Waals surface area contributed by atoms with Crippen LogP contribution in [-0.2, 0) is 11.3 Å². The number of aromatic amines is 1. The molecule has 0 saturated carbocycles. The molecular formula is C22H23N5O. The van der Waals surface area contributed by atoms with Gasteiger partial charge in [0.15, 0.2) is 0 Å². The summed E-state index contributed by atoms with van der Waals surface area (Å²) in [4.78, 5) is 12.2. The van der Waals surface area contributed by atoms with E-state index in [2.05, 4.69) is 44.5 Å². The lowest BCUT2D eigenvalue weighted by Crippen LogP contribution is -2.08. The van der Waals surface area contributed by atoms with Crippen LogP contribution in [0, 0.1) is 0 Å². The van der Waals surface area contributed by atoms with Crippen LogP contribution in [0.4, 0.5) is 11.6 Å². The number of anilines is 2. The summed E-state index contributed by atoms with van der Waals surface area (Å²) in [5.74, 6) is 0.727. The highest BCUT2D eigenvalue weighted by Gasteiger charge is 2.15. The van der Waals surface area contributed by atoms with Crippen molar-refractivity contribution in [3.63, 3.8) is 0 Å². The quantitative estimate of drug-likeness (QED) is 0.421. The van der Waals surface area contributed by atoms with Crippen LogP contribution in [0.1, 0.15) is 29.8 Å². The van der Waals surface area contributed by atoms with Gasteiger partial charge in [-0.2, -0.15) is 0 Å². The molecule has 2 heterocycles. The molecule has 1 unspecified atom stereocenters. The summed E-state index contributed by atoms with van der Waals surface area (Å²) in [7, 11) is 0. The molecule has 6 heteroatoms. The molecule has 2 aromatic heterocycles. The second kappa shape index (κ2) is 8.10. The van der Waals surface area contributed by atoms with Gasteiger partial charge in [-0.1, -0.05) is 30.3 Å². The van der Waals surface area contributed by atoms with Crippen molar-refractivity contribution in [2.75, 3.05) is 17.7 Å². The average molecular weight is 373 g/mol. The van der Waals surface area contributed by atoms with E-state index in [0.717, 1.165) is 39.5 Å². The summed E-state index contributed by atoms with van der Waals surface area (Å²) in [6, 6.07) is 19.9. The summed E-state index contributed by atoms with van der Waals surface area (Å²) >= 11 is 0. The number of pyridine rings is 1. The molecule has 0 aliphatic heterocycles. The van der Waals surface area contributed by atoms with Crippen molar-refractivity contribution >= 4 is 22.7 Å². The van der Waals surface area contributed by atoms with E-state index in [1.54, 1.807) is 6.20 Å². The van der Waals surface area contributed by atoms with Crippen LogP contribution in [0.25, 0.3) is 11.0 Å². The predicted molar refractivity (Wildman–Crippen MR) is 112 cm³/mol. The predicted octanol–water partition coefficient (Wildman–Crippen LogP) is 4.28. The van der Waals surface area contributed by atoms with Gasteiger partial charge >= 0.3 is 0 Å². The molecule has 6 nitrogen and oxygen atoms in total. The number of fused-ring (bicyclic) bond motifs is 1. The lowest BCUT2D eigenvalue weighted by molar-refractivity contribution is 0.0884. The van der Waals surface area contributed by atoms with E-state index < -0.39 is 0 Å². The molecule has 142 valence electrons. The third-order valence-electron chi connectivity index (χ3n) is 4.54. The summed E-state index contributed by atoms with van der Waals surface area (Å²) in [6.45, 7) is 3.29. The Labute approximate surface area is 163 Å². The van der Waals surface area contributed by atoms with Gasteiger partial charge in [0, 0.05) is 25.0 Å². The number of nitrogens with two attached hydrogens (primary N) is 1. The van der Waals surface area contributed by atoms with Gasteiger partial charge in [0.1, 0.15) is 6.10 Å². The number of H-pyrrole nitrogens is 1. The van der Waals surface area contributed by atoms with Gasteiger partial charge in [0.2, 0.25) is 5.95 Å². The molecule has 0 spiro atoms. The SMILES string of the molecule is CCOC(c1ccc(CNc2nc3ccc(N)cc3[nH]2)cc1)c1ccccn1. The standard InChI is InChI=1S/C22H23N5O/c1-2-28-21(19-5-3-4-12-24-19)16-8-6-15(7-9-16)14-25-22-26-18-11-10-17(23)13-20(18)27-22/h3-13,21H,2,14,23H2,1H3,(H2,25,26,27). The molecule has 0 fully saturated rings. The van der Waals surface area contributed by atoms with Crippen molar-refractivity contribution in [3.05, 3.63) is 83.7 Å². The van der Waals surface area contributed by atoms with Gasteiger partial charge in [-0.3, -0.25) is 4.98 Å². The number of nitrogens with one attached hydrogen (secondary N) is 2. The van der Waals surface area contributed by atoms with E-state index in [1.807, 2.05) is 43.3 Å². The summed E-state index contributed by atoms with van der Waals surface area (Å²) in [5.41, 5.74) is 11.5. The highest BCUT2D eigenvalue weighted by atomic mass is 16.5. The minimum atomic E-state index is -0.158. The van der Waals surface area contributed by atoms with Gasteiger partial charge in [-0.25, -0.2) is 4.98 Å². The third kappa shape index (κ3) is 3.97. The maximum absolute atomic E-state index is 5.92. The molecule has 4 N–H and O–H groups in total. The maximum atomic E-state index is 5.92. The highest BCUT2D eigenvalue weighted by Crippen LogP contribution is 2.25. The van der Waals surface area contributed by atoms with Gasteiger partial charge in [0.05, 0.1) is 16.7 Å². The molecule has 2 aromatic carbocycles. The number of ether oxygens (including phenoxy) is 1. The maximum Gasteiger partial charge on any atom is 0.201 e. The van der Waals surface area contributed by atoms with E-state index in [1.165, 1.54) is 0 Å². The summed E-state index contributed by atoms with van der Waals surface area (Å²) in [6.07, 6.45) is 1.63. The van der Waals surface area contributed by atoms with Crippen LogP contribution < -0.4 is 11.1 Å². The number of nitrogen functional groups attached to an aromatic ring is 1. The molecule has 4 rings (SSSR count). The zero-order valence-corrected chi connectivity index (χ0v) is 15.7. The van der Waals surface area contributed by atoms with Crippen LogP contribution in [-0.4, -0.2) is 21.6 Å². The third-order valence-corrected chi connectivity index (χ3v) is 4.54. The Hall–Kier alpha value is -3.38. The Morgan fingerprint density at radius 1 is 1.11 bits per heavy atom. The van der Waals surface area contributed by atoms with E-state index >= 15 is 0 Å². The fourth-order valence-corrected chi connectivity index (χ4v) is 3.16. The van der Waals surface area contributed by atoms with Gasteiger partial charge in [0.25, 0.3) is 0 Å². The number of imidazole rings is 1. The van der Waals surface area contributed by atoms with Crippen LogP contribution in [0.2, 0.25) is 0 Å². The zero-order valence-electron chi connectivity index (χ0n) is 15.7. The first kappa shape index (κ1) is 18.0. The highest BCUT2D eigenvalue weighted by molar-refractivity contribution is 5.80. The molecule has 0 aliphatic rings. The van der Waals surface area contributed by atoms with Gasteiger partial charge in [-0.15, -0.1) is 0 Å². The fourth-order valence-electron chi connectivity index (χ4n) is 3.16. The Morgan fingerprint density at radius 3 is 2.71 bits per heavy atom. The molecule has 0 amide bonds. The van der Waals surface area contributed by atoms with Crippen molar-refractivity contribution in [1.29, 1.82) is 0 Å². The van der Waals surface area contributed by atoms with E-state index in [4.69, 9.17) is 10.5 Å². The van der Waals surface area contributed by atoms with Crippen molar-refractivity contribution in [3.8, 4) is 0 Å². The Bertz CT molecular complexity index is 1040. The van der Waals surface area contributed by atoms with E-state index in [0.29, 0.717) is 13.2 Å². The first-order valence-electron chi connectivity index (χ1n) is 9.33. The second-order valence-corrected chi connectivity index (χ2v) is 6.55. The van der Waals surface area contributed by atoms with Crippen LogP contribution in [0.5, 0.6) is 0 Å². The zero-order chi connectivity index (χ0) is 19.3. The number of hydrogen-bond acceptors (Lipinski definition) is 5. The Morgan fingerprint density at radius 2 is 1.96 bits per heavy atom. The summed E-state index contributed by atoms with van der Waals surface area (Å²) < 4.78 is 5.92. The number of rotatable bonds is 7. The molecular weight excluding hydrogens is 350 g/mol. The minimum absolute atomic E-state index is 0.158. The largest absolute Gasteiger partial charge is 0.399 e. The monoisotopic (exact) mass is 373 g/mol. The summed E-state index contributed by atoms with van der Waals surface area (Å²) in [5, 5.41) is 3.32. The van der Waals surface area contributed by atoms with Crippen molar-refractivity contribution in [1.82, 2.24) is 15.0 Å². The lowest BCUT2D eigenvalue weighted by atomic mass is 10.0. The molecule has 0 bridgehead atoms. The second-order valence-electron chi connectivity index (χ2n) is 6.55. The average Bonchev–Trinajstić information content (AvgIpc) is 3.13. The number of nitrogens with zero attached hydrogens (tertiary/aromatic N) is 2.